The number of benzene rings is 3. The van der Waals surface area contributed by atoms with E-state index in [2.05, 4.69) is 50.7 Å². The Morgan fingerprint density at radius 3 is 2.52 bits per heavy atom. The summed E-state index contributed by atoms with van der Waals surface area (Å²) in [6.45, 7) is 2.08. The zero-order valence-electron chi connectivity index (χ0n) is 17.1. The first-order chi connectivity index (χ1) is 15.1. The number of rotatable bonds is 6. The van der Waals surface area contributed by atoms with Gasteiger partial charge in [-0.2, -0.15) is 11.3 Å². The fourth-order valence-corrected chi connectivity index (χ4v) is 6.09. The summed E-state index contributed by atoms with van der Waals surface area (Å²) in [5.74, 6) is 0. The van der Waals surface area contributed by atoms with Gasteiger partial charge in [0.25, 0.3) is 0 Å². The molecule has 4 nitrogen and oxygen atoms in total. The van der Waals surface area contributed by atoms with Crippen LogP contribution in [-0.4, -0.2) is 26.4 Å². The number of sulfonamides is 1. The van der Waals surface area contributed by atoms with E-state index in [1.807, 2.05) is 30.3 Å². The van der Waals surface area contributed by atoms with Crippen LogP contribution in [0.5, 0.6) is 0 Å². The van der Waals surface area contributed by atoms with E-state index in [9.17, 15) is 8.42 Å². The molecule has 2 heterocycles. The van der Waals surface area contributed by atoms with Crippen molar-refractivity contribution in [3.8, 4) is 0 Å². The first-order valence-corrected chi connectivity index (χ1v) is 12.8. The molecule has 0 radical (unpaired) electrons. The lowest BCUT2D eigenvalue weighted by Gasteiger charge is -2.35. The zero-order chi connectivity index (χ0) is 21.3. The Balaban J connectivity index is 1.38. The van der Waals surface area contributed by atoms with Crippen molar-refractivity contribution in [1.82, 2.24) is 9.62 Å². The normalized spacial score (nSPS) is 15.6. The van der Waals surface area contributed by atoms with Crippen LogP contribution in [0.1, 0.15) is 22.7 Å². The van der Waals surface area contributed by atoms with Crippen molar-refractivity contribution < 1.29 is 8.42 Å². The fourth-order valence-electron chi connectivity index (χ4n) is 4.31. The second kappa shape index (κ2) is 8.55. The van der Waals surface area contributed by atoms with Gasteiger partial charge < -0.3 is 0 Å². The second-order valence-electron chi connectivity index (χ2n) is 7.92. The van der Waals surface area contributed by atoms with Crippen LogP contribution in [0.3, 0.4) is 0 Å². The smallest absolute Gasteiger partial charge is 0.240 e. The largest absolute Gasteiger partial charge is 0.290 e. The number of hydrogen-bond donors (Lipinski definition) is 1. The topological polar surface area (TPSA) is 49.4 Å². The lowest BCUT2D eigenvalue weighted by Crippen LogP contribution is -2.40. The third-order valence-electron chi connectivity index (χ3n) is 6.03. The van der Waals surface area contributed by atoms with Gasteiger partial charge in [0, 0.05) is 25.7 Å². The average molecular weight is 449 g/mol. The highest BCUT2D eigenvalue weighted by atomic mass is 32.2. The van der Waals surface area contributed by atoms with Gasteiger partial charge in [0.1, 0.15) is 0 Å². The molecule has 1 aliphatic heterocycles. The first-order valence-electron chi connectivity index (χ1n) is 10.4. The average Bonchev–Trinajstić information content (AvgIpc) is 3.33. The minimum absolute atomic E-state index is 0.00478. The van der Waals surface area contributed by atoms with Gasteiger partial charge in [0.05, 0.1) is 4.90 Å². The molecule has 1 atom stereocenters. The van der Waals surface area contributed by atoms with Crippen LogP contribution < -0.4 is 4.72 Å². The summed E-state index contributed by atoms with van der Waals surface area (Å²) in [6, 6.07) is 23.7. The Morgan fingerprint density at radius 1 is 0.935 bits per heavy atom. The molecular formula is C25H24N2O2S2. The van der Waals surface area contributed by atoms with Crippen LogP contribution in [-0.2, 0) is 23.0 Å². The summed E-state index contributed by atoms with van der Waals surface area (Å²) in [4.78, 5) is 2.69. The monoisotopic (exact) mass is 448 g/mol. The molecule has 0 bridgehead atoms. The van der Waals surface area contributed by atoms with Crippen molar-refractivity contribution in [1.29, 1.82) is 0 Å². The molecule has 5 rings (SSSR count). The Labute approximate surface area is 187 Å². The molecule has 0 fully saturated rings. The van der Waals surface area contributed by atoms with Gasteiger partial charge in [-0.3, -0.25) is 4.90 Å². The van der Waals surface area contributed by atoms with E-state index in [0.29, 0.717) is 11.4 Å². The van der Waals surface area contributed by atoms with Gasteiger partial charge in [-0.25, -0.2) is 13.1 Å². The molecule has 4 aromatic rings. The van der Waals surface area contributed by atoms with E-state index in [0.717, 1.165) is 35.8 Å². The SMILES string of the molecule is O=S(=O)(NC[C@H](c1ccsc1)N1CCc2ccccc2C1)c1ccc2ccccc2c1. The van der Waals surface area contributed by atoms with E-state index in [-0.39, 0.29) is 6.04 Å². The second-order valence-corrected chi connectivity index (χ2v) is 10.5. The van der Waals surface area contributed by atoms with Gasteiger partial charge in [-0.1, -0.05) is 54.6 Å². The first kappa shape index (κ1) is 20.4. The van der Waals surface area contributed by atoms with Gasteiger partial charge in [-0.05, 0) is 62.8 Å². The third kappa shape index (κ3) is 4.29. The van der Waals surface area contributed by atoms with Crippen LogP contribution >= 0.6 is 11.3 Å². The van der Waals surface area contributed by atoms with E-state index in [1.165, 1.54) is 11.1 Å². The zero-order valence-corrected chi connectivity index (χ0v) is 18.7. The summed E-state index contributed by atoms with van der Waals surface area (Å²) in [7, 11) is -3.61. The fraction of sp³-hybridized carbons (Fsp3) is 0.200. The quantitative estimate of drug-likeness (QED) is 0.453. The summed E-state index contributed by atoms with van der Waals surface area (Å²) < 4.78 is 29.1. The van der Waals surface area contributed by atoms with Gasteiger partial charge in [0.2, 0.25) is 10.0 Å². The Bertz CT molecular complexity index is 1300. The lowest BCUT2D eigenvalue weighted by atomic mass is 9.97. The predicted octanol–water partition coefficient (Wildman–Crippen LogP) is 4.98. The Hall–Kier alpha value is -2.51. The van der Waals surface area contributed by atoms with Crippen molar-refractivity contribution >= 4 is 32.1 Å². The minimum Gasteiger partial charge on any atom is -0.290 e. The number of nitrogens with one attached hydrogen (secondary N) is 1. The molecule has 0 spiro atoms. The summed E-state index contributed by atoms with van der Waals surface area (Å²) >= 11 is 1.64. The lowest BCUT2D eigenvalue weighted by molar-refractivity contribution is 0.181. The van der Waals surface area contributed by atoms with Crippen LogP contribution in [0.2, 0.25) is 0 Å². The summed E-state index contributed by atoms with van der Waals surface area (Å²) in [6.07, 6.45) is 0.980. The highest BCUT2D eigenvalue weighted by Gasteiger charge is 2.27. The van der Waals surface area contributed by atoms with Crippen LogP contribution in [0.25, 0.3) is 10.8 Å². The van der Waals surface area contributed by atoms with Gasteiger partial charge in [-0.15, -0.1) is 0 Å². The predicted molar refractivity (Wildman–Crippen MR) is 127 cm³/mol. The number of hydrogen-bond acceptors (Lipinski definition) is 4. The maximum absolute atomic E-state index is 13.1. The highest BCUT2D eigenvalue weighted by Crippen LogP contribution is 2.29. The maximum Gasteiger partial charge on any atom is 0.240 e. The van der Waals surface area contributed by atoms with Crippen molar-refractivity contribution in [3.05, 3.63) is 100 Å². The third-order valence-corrected chi connectivity index (χ3v) is 8.15. The van der Waals surface area contributed by atoms with Gasteiger partial charge >= 0.3 is 0 Å². The van der Waals surface area contributed by atoms with E-state index >= 15 is 0 Å². The summed E-state index contributed by atoms with van der Waals surface area (Å²) in [5, 5.41) is 6.13. The molecule has 6 heteroatoms. The Kier molecular flexibility index (Phi) is 5.63. The molecule has 158 valence electrons. The van der Waals surface area contributed by atoms with E-state index < -0.39 is 10.0 Å². The molecule has 1 aliphatic rings. The molecule has 1 N–H and O–H groups in total. The molecule has 31 heavy (non-hydrogen) atoms. The van der Waals surface area contributed by atoms with Crippen LogP contribution in [0, 0.1) is 0 Å². The maximum atomic E-state index is 13.1. The number of thiophene rings is 1. The molecule has 3 aromatic carbocycles. The molecule has 0 saturated carbocycles. The van der Waals surface area contributed by atoms with Crippen LogP contribution in [0.15, 0.2) is 88.5 Å². The Morgan fingerprint density at radius 2 is 1.71 bits per heavy atom. The molecule has 0 aliphatic carbocycles. The number of nitrogens with zero attached hydrogens (tertiary/aromatic N) is 1. The van der Waals surface area contributed by atoms with Crippen LogP contribution in [0.4, 0.5) is 0 Å². The molecule has 1 aromatic heterocycles. The minimum atomic E-state index is -3.61. The molecule has 0 saturated heterocycles. The molecule has 0 unspecified atom stereocenters. The van der Waals surface area contributed by atoms with Crippen molar-refractivity contribution in [2.75, 3.05) is 13.1 Å². The van der Waals surface area contributed by atoms with Crippen molar-refractivity contribution in [2.24, 2.45) is 0 Å². The number of fused-ring (bicyclic) bond motifs is 2. The van der Waals surface area contributed by atoms with Crippen molar-refractivity contribution in [2.45, 2.75) is 23.9 Å². The highest BCUT2D eigenvalue weighted by molar-refractivity contribution is 7.89. The van der Waals surface area contributed by atoms with Gasteiger partial charge in [0.15, 0.2) is 0 Å². The van der Waals surface area contributed by atoms with E-state index in [4.69, 9.17) is 0 Å². The molecule has 0 amide bonds. The van der Waals surface area contributed by atoms with E-state index in [1.54, 1.807) is 23.5 Å². The summed E-state index contributed by atoms with van der Waals surface area (Å²) in [5.41, 5.74) is 3.87. The standard InChI is InChI=1S/C25H24N2O2S2/c28-31(29,24-10-9-19-5-1-3-7-21(19)15-24)26-16-25(23-12-14-30-18-23)27-13-11-20-6-2-4-8-22(20)17-27/h1-10,12,14-15,18,25-26H,11,13,16-17H2/t25-/m1/s1. The van der Waals surface area contributed by atoms with Crippen molar-refractivity contribution in [3.63, 3.8) is 0 Å². The molecular weight excluding hydrogens is 424 g/mol.